The molecule has 2 aliphatic heterocycles. The maximum Gasteiger partial charge on any atom is 0.312 e. The van der Waals surface area contributed by atoms with E-state index < -0.39 is 74.5 Å². The fraction of sp³-hybridized carbons (Fsp3) is 0.368. The van der Waals surface area contributed by atoms with E-state index in [9.17, 15) is 19.2 Å². The minimum atomic E-state index is -1.21. The van der Waals surface area contributed by atoms with Gasteiger partial charge in [0.2, 0.25) is 11.6 Å². The van der Waals surface area contributed by atoms with Crippen molar-refractivity contribution in [2.24, 2.45) is 11.5 Å². The van der Waals surface area contributed by atoms with Gasteiger partial charge >= 0.3 is 11.9 Å². The third-order valence-corrected chi connectivity index (χ3v) is 9.05. The Morgan fingerprint density at radius 3 is 1.06 bits per heavy atom. The number of benzene rings is 2. The van der Waals surface area contributed by atoms with Crippen LogP contribution in [0.15, 0.2) is 84.9 Å². The molecule has 0 saturated carbocycles. The lowest BCUT2D eigenvalue weighted by Gasteiger charge is -2.20. The SMILES string of the molecule is NC(CO)(CO)CO.NC(CO)(CO)CO.O=C(c1ccccc1)c1ccc2n1CCC2C(=O)O.O=C(c1ccccc1)c1ccc2n1CCC2C(=O)O. The first-order valence-electron chi connectivity index (χ1n) is 17.0. The largest absolute Gasteiger partial charge is 0.481 e. The number of aliphatic hydroxyl groups is 6. The number of aliphatic hydroxyl groups excluding tert-OH is 6. The molecule has 0 fully saturated rings. The number of nitrogens with zero attached hydrogens (tertiary/aromatic N) is 2. The highest BCUT2D eigenvalue weighted by Gasteiger charge is 2.33. The molecule has 2 aliphatic rings. The van der Waals surface area contributed by atoms with E-state index in [4.69, 9.17) is 52.3 Å². The summed E-state index contributed by atoms with van der Waals surface area (Å²) < 4.78 is 3.66. The lowest BCUT2D eigenvalue weighted by molar-refractivity contribution is -0.139. The van der Waals surface area contributed by atoms with E-state index in [-0.39, 0.29) is 11.6 Å². The molecule has 0 saturated heterocycles. The van der Waals surface area contributed by atoms with Crippen LogP contribution in [0.4, 0.5) is 0 Å². The van der Waals surface area contributed by atoms with Crippen molar-refractivity contribution in [1.82, 2.24) is 9.13 Å². The van der Waals surface area contributed by atoms with Crippen LogP contribution >= 0.6 is 0 Å². The molecular weight excluding hydrogens is 704 g/mol. The Balaban J connectivity index is 0.000000211. The van der Waals surface area contributed by atoms with Crippen molar-refractivity contribution < 1.29 is 60.0 Å². The molecule has 0 aliphatic carbocycles. The summed E-state index contributed by atoms with van der Waals surface area (Å²) >= 11 is 0. The van der Waals surface area contributed by atoms with Gasteiger partial charge in [-0.3, -0.25) is 19.2 Å². The summed E-state index contributed by atoms with van der Waals surface area (Å²) in [6.07, 6.45) is 1.11. The van der Waals surface area contributed by atoms with Crippen LogP contribution in [0.5, 0.6) is 0 Å². The Morgan fingerprint density at radius 1 is 0.519 bits per heavy atom. The van der Waals surface area contributed by atoms with Crippen molar-refractivity contribution in [3.8, 4) is 0 Å². The monoisotopic (exact) mass is 752 g/mol. The van der Waals surface area contributed by atoms with Gasteiger partial charge in [-0.2, -0.15) is 0 Å². The summed E-state index contributed by atoms with van der Waals surface area (Å²) in [6, 6.07) is 25.0. The van der Waals surface area contributed by atoms with E-state index in [0.29, 0.717) is 48.4 Å². The number of hydrogen-bond donors (Lipinski definition) is 10. The fourth-order valence-corrected chi connectivity index (χ4v) is 5.56. The molecule has 0 spiro atoms. The zero-order valence-electron chi connectivity index (χ0n) is 29.6. The molecule has 2 unspecified atom stereocenters. The Kier molecular flexibility index (Phi) is 16.0. The lowest BCUT2D eigenvalue weighted by atomic mass is 10.1. The number of aromatic nitrogens is 2. The molecule has 6 rings (SSSR count). The minimum absolute atomic E-state index is 0.0575. The molecule has 0 amide bonds. The van der Waals surface area contributed by atoms with Gasteiger partial charge in [0.05, 0.1) is 73.9 Å². The smallest absolute Gasteiger partial charge is 0.312 e. The predicted octanol–water partition coefficient (Wildman–Crippen LogP) is -0.0964. The molecule has 16 nitrogen and oxygen atoms in total. The summed E-state index contributed by atoms with van der Waals surface area (Å²) in [7, 11) is 0. The van der Waals surface area contributed by atoms with E-state index in [1.807, 2.05) is 45.5 Å². The zero-order valence-corrected chi connectivity index (χ0v) is 29.6. The van der Waals surface area contributed by atoms with Gasteiger partial charge in [0.15, 0.2) is 0 Å². The summed E-state index contributed by atoms with van der Waals surface area (Å²) in [6.45, 7) is -1.24. The second-order valence-electron chi connectivity index (χ2n) is 13.0. The van der Waals surface area contributed by atoms with Crippen LogP contribution < -0.4 is 11.5 Å². The number of carbonyl (C=O) groups excluding carboxylic acids is 2. The number of ketones is 2. The van der Waals surface area contributed by atoms with E-state index in [1.54, 1.807) is 48.5 Å². The standard InChI is InChI=1S/2C15H13NO3.2C4H11NO3/c2*17-14(10-4-2-1-3-5-10)13-7-6-12-11(15(18)19)8-9-16(12)13;2*5-4(1-6,2-7)3-8/h2*1-7,11H,8-9H2,(H,18,19);2*6-8H,1-3,5H2. The highest BCUT2D eigenvalue weighted by atomic mass is 16.4. The molecule has 12 N–H and O–H groups in total. The zero-order chi connectivity index (χ0) is 40.1. The maximum atomic E-state index is 12.4. The van der Waals surface area contributed by atoms with Crippen molar-refractivity contribution in [3.63, 3.8) is 0 Å². The number of rotatable bonds is 12. The molecule has 292 valence electrons. The Morgan fingerprint density at radius 2 is 0.815 bits per heavy atom. The molecule has 4 aromatic rings. The van der Waals surface area contributed by atoms with E-state index in [2.05, 4.69) is 0 Å². The van der Waals surface area contributed by atoms with Crippen molar-refractivity contribution in [2.45, 2.75) is 48.8 Å². The number of carbonyl (C=O) groups is 4. The van der Waals surface area contributed by atoms with E-state index >= 15 is 0 Å². The second-order valence-corrected chi connectivity index (χ2v) is 13.0. The fourth-order valence-electron chi connectivity index (χ4n) is 5.56. The van der Waals surface area contributed by atoms with Crippen molar-refractivity contribution in [1.29, 1.82) is 0 Å². The lowest BCUT2D eigenvalue weighted by Crippen LogP contribution is -2.50. The second kappa shape index (κ2) is 19.9. The topological polar surface area (TPSA) is 292 Å². The van der Waals surface area contributed by atoms with Gasteiger partial charge < -0.3 is 61.5 Å². The molecule has 0 radical (unpaired) electrons. The summed E-state index contributed by atoms with van der Waals surface area (Å²) in [5, 5.41) is 68.3. The van der Waals surface area contributed by atoms with Crippen molar-refractivity contribution >= 4 is 23.5 Å². The first-order chi connectivity index (χ1) is 25.7. The van der Waals surface area contributed by atoms with Crippen LogP contribution in [0.3, 0.4) is 0 Å². The third-order valence-electron chi connectivity index (χ3n) is 9.05. The predicted molar refractivity (Wildman–Crippen MR) is 195 cm³/mol. The summed E-state index contributed by atoms with van der Waals surface area (Å²) in [5.41, 5.74) is 11.7. The molecule has 54 heavy (non-hydrogen) atoms. The van der Waals surface area contributed by atoms with Crippen molar-refractivity contribution in [3.05, 3.63) is 119 Å². The highest BCUT2D eigenvalue weighted by molar-refractivity contribution is 6.08. The van der Waals surface area contributed by atoms with Gasteiger partial charge in [-0.1, -0.05) is 60.7 Å². The molecule has 4 heterocycles. The molecule has 2 aromatic heterocycles. The van der Waals surface area contributed by atoms with Gasteiger partial charge in [0.1, 0.15) is 0 Å². The average molecular weight is 753 g/mol. The molecule has 2 atom stereocenters. The highest BCUT2D eigenvalue weighted by Crippen LogP contribution is 2.32. The Hall–Kier alpha value is -5.04. The number of nitrogens with two attached hydrogens (primary N) is 2. The first-order valence-corrected chi connectivity index (χ1v) is 17.0. The molecule has 16 heteroatoms. The van der Waals surface area contributed by atoms with Crippen LogP contribution in [0.2, 0.25) is 0 Å². The number of hydrogen-bond acceptors (Lipinski definition) is 12. The third kappa shape index (κ3) is 10.6. The Bertz CT molecular complexity index is 1680. The normalized spacial score (nSPS) is 15.6. The number of aliphatic carboxylic acids is 2. The van der Waals surface area contributed by atoms with Gasteiger partial charge in [-0.05, 0) is 37.1 Å². The number of fused-ring (bicyclic) bond motifs is 2. The maximum absolute atomic E-state index is 12.4. The van der Waals surface area contributed by atoms with Crippen LogP contribution in [0.1, 0.15) is 68.2 Å². The van der Waals surface area contributed by atoms with Gasteiger partial charge in [-0.25, -0.2) is 0 Å². The van der Waals surface area contributed by atoms with Gasteiger partial charge in [0, 0.05) is 35.6 Å². The van der Waals surface area contributed by atoms with E-state index in [1.165, 1.54) is 0 Å². The van der Waals surface area contributed by atoms with Gasteiger partial charge in [0.25, 0.3) is 0 Å². The van der Waals surface area contributed by atoms with Crippen molar-refractivity contribution in [2.75, 3.05) is 39.6 Å². The Labute approximate surface area is 311 Å². The van der Waals surface area contributed by atoms with Crippen LogP contribution in [-0.4, -0.2) is 124 Å². The number of carboxylic acid groups (broad SMARTS) is 2. The number of carboxylic acids is 2. The van der Waals surface area contributed by atoms with Crippen LogP contribution in [0.25, 0.3) is 0 Å². The average Bonchev–Trinajstić information content (AvgIpc) is 4.01. The van der Waals surface area contributed by atoms with E-state index in [0.717, 1.165) is 11.4 Å². The quantitative estimate of drug-likeness (QED) is 0.0847. The van der Waals surface area contributed by atoms with Crippen LogP contribution in [0, 0.1) is 0 Å². The summed E-state index contributed by atoms with van der Waals surface area (Å²) in [4.78, 5) is 47.0. The molecule has 2 aromatic carbocycles. The van der Waals surface area contributed by atoms with Crippen LogP contribution in [-0.2, 0) is 22.7 Å². The molecule has 0 bridgehead atoms. The molecular formula is C38H48N4O12. The van der Waals surface area contributed by atoms with Gasteiger partial charge in [-0.15, -0.1) is 0 Å². The summed E-state index contributed by atoms with van der Waals surface area (Å²) in [5.74, 6) is -2.74. The first kappa shape index (κ1) is 43.4. The minimum Gasteiger partial charge on any atom is -0.481 e.